The summed E-state index contributed by atoms with van der Waals surface area (Å²) in [6.07, 6.45) is 2.98. The number of ether oxygens (including phenoxy) is 1. The van der Waals surface area contributed by atoms with Crippen LogP contribution in [0.5, 0.6) is 0 Å². The second kappa shape index (κ2) is 4.95. The van der Waals surface area contributed by atoms with Crippen molar-refractivity contribution in [3.8, 4) is 0 Å². The Kier molecular flexibility index (Phi) is 3.32. The van der Waals surface area contributed by atoms with Crippen LogP contribution in [0.3, 0.4) is 0 Å². The van der Waals surface area contributed by atoms with Gasteiger partial charge in [0.05, 0.1) is 13.2 Å². The van der Waals surface area contributed by atoms with Gasteiger partial charge >= 0.3 is 0 Å². The minimum atomic E-state index is 0.275. The quantitative estimate of drug-likeness (QED) is 0.797. The molecule has 0 saturated carbocycles. The molecule has 3 heterocycles. The number of hydrogen-bond acceptors (Lipinski definition) is 5. The lowest BCUT2D eigenvalue weighted by molar-refractivity contribution is 0.0947. The Morgan fingerprint density at radius 2 is 2.44 bits per heavy atom. The molecule has 1 fully saturated rings. The Bertz CT molecular complexity index is 399. The Hall–Kier alpha value is -0.980. The number of rotatable bonds is 4. The highest BCUT2D eigenvalue weighted by atomic mass is 16.5. The van der Waals surface area contributed by atoms with Crippen molar-refractivity contribution < 1.29 is 4.74 Å². The maximum Gasteiger partial charge on any atom is 0.147 e. The standard InChI is InChI=1S/C12H21N5O/c1-13-7-12(2-5-18-9-12)8-16-3-4-17-10-14-15-11(17)6-16/h10,13H,2-9H2,1H3. The zero-order chi connectivity index (χ0) is 12.4. The monoisotopic (exact) mass is 251 g/mol. The predicted octanol–water partition coefficient (Wildman–Crippen LogP) is -0.280. The van der Waals surface area contributed by atoms with E-state index in [1.165, 1.54) is 0 Å². The fourth-order valence-corrected chi connectivity index (χ4v) is 3.07. The van der Waals surface area contributed by atoms with Gasteiger partial charge in [0.25, 0.3) is 0 Å². The van der Waals surface area contributed by atoms with Gasteiger partial charge in [0, 0.05) is 38.2 Å². The van der Waals surface area contributed by atoms with Gasteiger partial charge in [0.1, 0.15) is 12.2 Å². The molecule has 0 aromatic carbocycles. The van der Waals surface area contributed by atoms with E-state index in [1.807, 2.05) is 13.4 Å². The average molecular weight is 251 g/mol. The lowest BCUT2D eigenvalue weighted by Gasteiger charge is -2.36. The van der Waals surface area contributed by atoms with Gasteiger partial charge in [0.15, 0.2) is 0 Å². The molecular formula is C12H21N5O. The van der Waals surface area contributed by atoms with E-state index in [0.717, 1.165) is 58.2 Å². The molecule has 1 aromatic rings. The third-order valence-electron chi connectivity index (χ3n) is 4.01. The predicted molar refractivity (Wildman–Crippen MR) is 67.1 cm³/mol. The molecule has 100 valence electrons. The minimum absolute atomic E-state index is 0.275. The van der Waals surface area contributed by atoms with E-state index in [-0.39, 0.29) is 5.41 Å². The fraction of sp³-hybridized carbons (Fsp3) is 0.833. The Morgan fingerprint density at radius 1 is 1.50 bits per heavy atom. The maximum atomic E-state index is 5.61. The van der Waals surface area contributed by atoms with Crippen molar-refractivity contribution in [2.75, 3.05) is 39.9 Å². The smallest absolute Gasteiger partial charge is 0.147 e. The Balaban J connectivity index is 1.66. The van der Waals surface area contributed by atoms with Crippen LogP contribution < -0.4 is 5.32 Å². The topological polar surface area (TPSA) is 55.2 Å². The van der Waals surface area contributed by atoms with Crippen molar-refractivity contribution in [3.05, 3.63) is 12.2 Å². The van der Waals surface area contributed by atoms with Crippen LogP contribution in [0.1, 0.15) is 12.2 Å². The van der Waals surface area contributed by atoms with Gasteiger partial charge < -0.3 is 14.6 Å². The maximum absolute atomic E-state index is 5.61. The first-order chi connectivity index (χ1) is 8.81. The minimum Gasteiger partial charge on any atom is -0.381 e. The molecule has 0 bridgehead atoms. The summed E-state index contributed by atoms with van der Waals surface area (Å²) in [5.41, 5.74) is 0.275. The van der Waals surface area contributed by atoms with Crippen molar-refractivity contribution in [2.24, 2.45) is 5.41 Å². The lowest BCUT2D eigenvalue weighted by Crippen LogP contribution is -2.46. The fourth-order valence-electron chi connectivity index (χ4n) is 3.07. The molecule has 6 heteroatoms. The molecule has 2 aliphatic rings. The summed E-state index contributed by atoms with van der Waals surface area (Å²) in [6.45, 7) is 6.86. The van der Waals surface area contributed by atoms with Crippen LogP contribution in [-0.2, 0) is 17.8 Å². The average Bonchev–Trinajstić information content (AvgIpc) is 2.98. The van der Waals surface area contributed by atoms with Crippen molar-refractivity contribution in [1.82, 2.24) is 25.0 Å². The SMILES string of the molecule is CNCC1(CN2CCn3cnnc3C2)CCOC1. The summed E-state index contributed by atoms with van der Waals surface area (Å²) >= 11 is 0. The largest absolute Gasteiger partial charge is 0.381 e. The van der Waals surface area contributed by atoms with Crippen molar-refractivity contribution in [3.63, 3.8) is 0 Å². The first-order valence-corrected chi connectivity index (χ1v) is 6.63. The van der Waals surface area contributed by atoms with E-state index in [0.29, 0.717) is 0 Å². The number of fused-ring (bicyclic) bond motifs is 1. The van der Waals surface area contributed by atoms with Crippen LogP contribution in [-0.4, -0.2) is 59.6 Å². The van der Waals surface area contributed by atoms with Crippen molar-refractivity contribution in [1.29, 1.82) is 0 Å². The van der Waals surface area contributed by atoms with Gasteiger partial charge in [-0.2, -0.15) is 0 Å². The highest BCUT2D eigenvalue weighted by Crippen LogP contribution is 2.30. The van der Waals surface area contributed by atoms with E-state index in [1.54, 1.807) is 0 Å². The van der Waals surface area contributed by atoms with Crippen LogP contribution in [0.25, 0.3) is 0 Å². The summed E-state index contributed by atoms with van der Waals surface area (Å²) in [5, 5.41) is 11.5. The van der Waals surface area contributed by atoms with Crippen molar-refractivity contribution in [2.45, 2.75) is 19.5 Å². The molecule has 1 atom stereocenters. The molecule has 18 heavy (non-hydrogen) atoms. The number of aromatic nitrogens is 3. The van der Waals surface area contributed by atoms with Gasteiger partial charge in [-0.05, 0) is 13.5 Å². The third-order valence-corrected chi connectivity index (χ3v) is 4.01. The highest BCUT2D eigenvalue weighted by Gasteiger charge is 2.36. The van der Waals surface area contributed by atoms with Gasteiger partial charge in [0.2, 0.25) is 0 Å². The third kappa shape index (κ3) is 2.28. The first-order valence-electron chi connectivity index (χ1n) is 6.63. The van der Waals surface area contributed by atoms with Crippen LogP contribution in [0, 0.1) is 5.41 Å². The van der Waals surface area contributed by atoms with Crippen LogP contribution >= 0.6 is 0 Å². The molecule has 1 saturated heterocycles. The first kappa shape index (κ1) is 12.1. The zero-order valence-corrected chi connectivity index (χ0v) is 10.9. The zero-order valence-electron chi connectivity index (χ0n) is 10.9. The number of nitrogens with one attached hydrogen (secondary N) is 1. The summed E-state index contributed by atoms with van der Waals surface area (Å²) in [7, 11) is 2.02. The van der Waals surface area contributed by atoms with Gasteiger partial charge in [-0.25, -0.2) is 0 Å². The molecule has 1 aromatic heterocycles. The highest BCUT2D eigenvalue weighted by molar-refractivity contribution is 4.94. The van der Waals surface area contributed by atoms with E-state index in [2.05, 4.69) is 25.0 Å². The Morgan fingerprint density at radius 3 is 3.22 bits per heavy atom. The molecule has 1 N–H and O–H groups in total. The van der Waals surface area contributed by atoms with E-state index >= 15 is 0 Å². The van der Waals surface area contributed by atoms with Crippen LogP contribution in [0.2, 0.25) is 0 Å². The van der Waals surface area contributed by atoms with E-state index in [9.17, 15) is 0 Å². The summed E-state index contributed by atoms with van der Waals surface area (Å²) < 4.78 is 7.75. The van der Waals surface area contributed by atoms with Gasteiger partial charge in [-0.1, -0.05) is 0 Å². The Labute approximate surface area is 107 Å². The molecule has 0 amide bonds. The molecule has 0 aliphatic carbocycles. The molecule has 0 radical (unpaired) electrons. The number of nitrogens with zero attached hydrogens (tertiary/aromatic N) is 4. The molecular weight excluding hydrogens is 230 g/mol. The van der Waals surface area contributed by atoms with Crippen LogP contribution in [0.15, 0.2) is 6.33 Å². The molecule has 6 nitrogen and oxygen atoms in total. The molecule has 1 unspecified atom stereocenters. The summed E-state index contributed by atoms with van der Waals surface area (Å²) in [6, 6.07) is 0. The van der Waals surface area contributed by atoms with Crippen molar-refractivity contribution >= 4 is 0 Å². The molecule has 3 rings (SSSR count). The normalized spacial score (nSPS) is 28.5. The lowest BCUT2D eigenvalue weighted by atomic mass is 9.86. The second-order valence-corrected chi connectivity index (χ2v) is 5.48. The van der Waals surface area contributed by atoms with Crippen LogP contribution in [0.4, 0.5) is 0 Å². The molecule has 2 aliphatic heterocycles. The number of hydrogen-bond donors (Lipinski definition) is 1. The summed E-state index contributed by atoms with van der Waals surface area (Å²) in [5.74, 6) is 1.08. The summed E-state index contributed by atoms with van der Waals surface area (Å²) in [4.78, 5) is 2.48. The van der Waals surface area contributed by atoms with E-state index < -0.39 is 0 Å². The second-order valence-electron chi connectivity index (χ2n) is 5.48. The van der Waals surface area contributed by atoms with Gasteiger partial charge in [-0.15, -0.1) is 10.2 Å². The van der Waals surface area contributed by atoms with E-state index in [4.69, 9.17) is 4.74 Å². The van der Waals surface area contributed by atoms with Gasteiger partial charge in [-0.3, -0.25) is 4.90 Å². The molecule has 0 spiro atoms.